The Labute approximate surface area is 101 Å². The van der Waals surface area contributed by atoms with Crippen molar-refractivity contribution in [3.05, 3.63) is 0 Å². The molecule has 0 saturated heterocycles. The molecule has 2 N–H and O–H groups in total. The third kappa shape index (κ3) is 1.22. The quantitative estimate of drug-likeness (QED) is 0.718. The molecule has 0 aromatic heterocycles. The number of hydrogen-bond acceptors (Lipinski definition) is 2. The van der Waals surface area contributed by atoms with Gasteiger partial charge in [-0.15, -0.1) is 11.6 Å². The van der Waals surface area contributed by atoms with Crippen molar-refractivity contribution in [3.63, 3.8) is 0 Å². The van der Waals surface area contributed by atoms with Crippen molar-refractivity contribution in [2.24, 2.45) is 17.8 Å². The summed E-state index contributed by atoms with van der Waals surface area (Å²) in [5.74, 6) is 1.34. The van der Waals surface area contributed by atoms with E-state index in [0.29, 0.717) is 17.8 Å². The number of hydrogen-bond donors (Lipinski definition) is 2. The van der Waals surface area contributed by atoms with Crippen LogP contribution in [0.15, 0.2) is 0 Å². The van der Waals surface area contributed by atoms with Crippen LogP contribution in [0.4, 0.5) is 0 Å². The Bertz CT molecular complexity index is 348. The maximum absolute atomic E-state index is 11.5. The van der Waals surface area contributed by atoms with Gasteiger partial charge in [-0.3, -0.25) is 4.79 Å². The van der Waals surface area contributed by atoms with Gasteiger partial charge in [0.05, 0.1) is 5.60 Å². The molecule has 0 bridgehead atoms. The van der Waals surface area contributed by atoms with Gasteiger partial charge in [-0.05, 0) is 37.5 Å². The molecule has 3 rings (SSSR count). The molecule has 4 heteroatoms. The van der Waals surface area contributed by atoms with Gasteiger partial charge in [-0.25, -0.2) is 0 Å². The standard InChI is InChI=1S/C12H18ClNO2/c1-7-2-11(14-9(15)6-13)4-8-5-12(16,3-7)10(8)11/h7-8,10,16H,2-6H2,1H3,(H,14,15). The van der Waals surface area contributed by atoms with Crippen molar-refractivity contribution in [2.75, 3.05) is 5.88 Å². The Balaban J connectivity index is 1.82. The van der Waals surface area contributed by atoms with Crippen LogP contribution in [0.25, 0.3) is 0 Å². The van der Waals surface area contributed by atoms with Crippen LogP contribution in [0.1, 0.15) is 32.6 Å². The fraction of sp³-hybridized carbons (Fsp3) is 0.917. The van der Waals surface area contributed by atoms with Crippen LogP contribution in [0.2, 0.25) is 0 Å². The third-order valence-electron chi connectivity index (χ3n) is 4.81. The lowest BCUT2D eigenvalue weighted by molar-refractivity contribution is -0.270. The van der Waals surface area contributed by atoms with E-state index in [4.69, 9.17) is 11.6 Å². The summed E-state index contributed by atoms with van der Waals surface area (Å²) >= 11 is 5.55. The van der Waals surface area contributed by atoms with Crippen molar-refractivity contribution >= 4 is 17.5 Å². The largest absolute Gasteiger partial charge is 0.389 e. The summed E-state index contributed by atoms with van der Waals surface area (Å²) < 4.78 is 0. The molecule has 0 radical (unpaired) electrons. The second-order valence-electron chi connectivity index (χ2n) is 6.10. The first kappa shape index (κ1) is 10.8. The average molecular weight is 244 g/mol. The topological polar surface area (TPSA) is 49.3 Å². The molecule has 0 heterocycles. The molecule has 1 amide bonds. The molecule has 3 nitrogen and oxygen atoms in total. The SMILES string of the molecule is CC1CC2(O)CC3CC(NC(=O)CCl)(C1)C32. The van der Waals surface area contributed by atoms with E-state index in [1.807, 2.05) is 0 Å². The Morgan fingerprint density at radius 2 is 2.19 bits per heavy atom. The molecule has 0 aromatic rings. The summed E-state index contributed by atoms with van der Waals surface area (Å²) in [5.41, 5.74) is -0.637. The summed E-state index contributed by atoms with van der Waals surface area (Å²) in [6.45, 7) is 2.16. The van der Waals surface area contributed by atoms with Crippen LogP contribution in [-0.2, 0) is 4.79 Å². The monoisotopic (exact) mass is 243 g/mol. The maximum Gasteiger partial charge on any atom is 0.235 e. The van der Waals surface area contributed by atoms with Crippen molar-refractivity contribution in [2.45, 2.75) is 43.7 Å². The van der Waals surface area contributed by atoms with Crippen molar-refractivity contribution < 1.29 is 9.90 Å². The summed E-state index contributed by atoms with van der Waals surface area (Å²) in [6, 6.07) is 0. The average Bonchev–Trinajstić information content (AvgIpc) is 2.11. The first-order valence-electron chi connectivity index (χ1n) is 6.08. The Kier molecular flexibility index (Phi) is 2.13. The highest BCUT2D eigenvalue weighted by molar-refractivity contribution is 6.27. The van der Waals surface area contributed by atoms with Gasteiger partial charge in [-0.1, -0.05) is 6.92 Å². The van der Waals surface area contributed by atoms with Gasteiger partial charge in [0.15, 0.2) is 0 Å². The molecule has 3 fully saturated rings. The van der Waals surface area contributed by atoms with Gasteiger partial charge in [0.2, 0.25) is 5.91 Å². The summed E-state index contributed by atoms with van der Waals surface area (Å²) in [5, 5.41) is 13.5. The smallest absolute Gasteiger partial charge is 0.235 e. The second-order valence-corrected chi connectivity index (χ2v) is 6.37. The van der Waals surface area contributed by atoms with E-state index >= 15 is 0 Å². The molecular formula is C12H18ClNO2. The molecule has 90 valence electrons. The minimum Gasteiger partial charge on any atom is -0.389 e. The zero-order valence-corrected chi connectivity index (χ0v) is 10.3. The van der Waals surface area contributed by atoms with Crippen LogP contribution >= 0.6 is 11.6 Å². The number of carbonyl (C=O) groups is 1. The summed E-state index contributed by atoms with van der Waals surface area (Å²) in [7, 11) is 0. The maximum atomic E-state index is 11.5. The number of halogens is 1. The Morgan fingerprint density at radius 1 is 1.44 bits per heavy atom. The molecule has 3 saturated carbocycles. The fourth-order valence-electron chi connectivity index (χ4n) is 4.78. The number of carbonyl (C=O) groups excluding carboxylic acids is 1. The normalized spacial score (nSPS) is 53.3. The van der Waals surface area contributed by atoms with Gasteiger partial charge in [0.1, 0.15) is 5.88 Å². The highest BCUT2D eigenvalue weighted by Gasteiger charge is 2.72. The van der Waals surface area contributed by atoms with Crippen molar-refractivity contribution in [1.82, 2.24) is 5.32 Å². The van der Waals surface area contributed by atoms with E-state index in [2.05, 4.69) is 12.2 Å². The number of rotatable bonds is 2. The van der Waals surface area contributed by atoms with Gasteiger partial charge >= 0.3 is 0 Å². The summed E-state index contributed by atoms with van der Waals surface area (Å²) in [4.78, 5) is 11.5. The van der Waals surface area contributed by atoms with Gasteiger partial charge in [0.25, 0.3) is 0 Å². The molecule has 16 heavy (non-hydrogen) atoms. The van der Waals surface area contributed by atoms with Crippen LogP contribution in [0.5, 0.6) is 0 Å². The second kappa shape index (κ2) is 3.14. The molecule has 3 aliphatic carbocycles. The molecule has 5 unspecified atom stereocenters. The van der Waals surface area contributed by atoms with Gasteiger partial charge in [0, 0.05) is 11.5 Å². The highest BCUT2D eigenvalue weighted by atomic mass is 35.5. The first-order chi connectivity index (χ1) is 7.49. The van der Waals surface area contributed by atoms with Crippen molar-refractivity contribution in [1.29, 1.82) is 0 Å². The van der Waals surface area contributed by atoms with E-state index in [0.717, 1.165) is 25.7 Å². The molecule has 3 aliphatic rings. The highest BCUT2D eigenvalue weighted by Crippen LogP contribution is 2.68. The van der Waals surface area contributed by atoms with Crippen molar-refractivity contribution in [3.8, 4) is 0 Å². The molecule has 0 spiro atoms. The van der Waals surface area contributed by atoms with E-state index in [1.54, 1.807) is 0 Å². The fourth-order valence-corrected chi connectivity index (χ4v) is 4.84. The van der Waals surface area contributed by atoms with Gasteiger partial charge < -0.3 is 10.4 Å². The van der Waals surface area contributed by atoms with Crippen LogP contribution < -0.4 is 5.32 Å². The first-order valence-corrected chi connectivity index (χ1v) is 6.62. The predicted molar refractivity (Wildman–Crippen MR) is 61.2 cm³/mol. The van der Waals surface area contributed by atoms with E-state index < -0.39 is 5.60 Å². The minimum absolute atomic E-state index is 0.0198. The van der Waals surface area contributed by atoms with Gasteiger partial charge in [-0.2, -0.15) is 0 Å². The zero-order valence-electron chi connectivity index (χ0n) is 9.50. The predicted octanol–water partition coefficient (Wildman–Crippen LogP) is 1.28. The lowest BCUT2D eigenvalue weighted by atomic mass is 9.36. The lowest BCUT2D eigenvalue weighted by Crippen LogP contribution is -2.80. The van der Waals surface area contributed by atoms with Crippen LogP contribution in [0.3, 0.4) is 0 Å². The Hall–Kier alpha value is -0.280. The number of amides is 1. The lowest BCUT2D eigenvalue weighted by Gasteiger charge is -2.73. The summed E-state index contributed by atoms with van der Waals surface area (Å²) in [6.07, 6.45) is 3.86. The Morgan fingerprint density at radius 3 is 2.81 bits per heavy atom. The minimum atomic E-state index is -0.500. The molecular weight excluding hydrogens is 226 g/mol. The van der Waals surface area contributed by atoms with Crippen LogP contribution in [0, 0.1) is 17.8 Å². The molecule has 5 atom stereocenters. The number of aliphatic hydroxyl groups is 1. The van der Waals surface area contributed by atoms with E-state index in [1.165, 1.54) is 0 Å². The third-order valence-corrected chi connectivity index (χ3v) is 5.05. The number of nitrogens with one attached hydrogen (secondary N) is 1. The number of alkyl halides is 1. The van der Waals surface area contributed by atoms with E-state index in [9.17, 15) is 9.90 Å². The molecule has 0 aromatic carbocycles. The zero-order chi connectivity index (χ0) is 11.6. The van der Waals surface area contributed by atoms with E-state index in [-0.39, 0.29) is 17.3 Å². The van der Waals surface area contributed by atoms with Crippen LogP contribution in [-0.4, -0.2) is 28.0 Å². The molecule has 0 aliphatic heterocycles.